The monoisotopic (exact) mass is 383 g/mol. The van der Waals surface area contributed by atoms with Gasteiger partial charge in [0, 0.05) is 18.0 Å². The smallest absolute Gasteiger partial charge is 0.245 e. The van der Waals surface area contributed by atoms with Crippen LogP contribution in [0.1, 0.15) is 23.1 Å². The van der Waals surface area contributed by atoms with Crippen molar-refractivity contribution >= 4 is 29.1 Å². The zero-order valence-corrected chi connectivity index (χ0v) is 15.9. The Morgan fingerprint density at radius 2 is 1.85 bits per heavy atom. The number of halogens is 1. The summed E-state index contributed by atoms with van der Waals surface area (Å²) in [6.07, 6.45) is 2.83. The van der Waals surface area contributed by atoms with Crippen molar-refractivity contribution in [2.24, 2.45) is 0 Å². The van der Waals surface area contributed by atoms with Crippen LogP contribution >= 0.6 is 11.6 Å². The average molecular weight is 384 g/mol. The van der Waals surface area contributed by atoms with Crippen molar-refractivity contribution in [2.75, 3.05) is 13.1 Å². The Morgan fingerprint density at radius 1 is 1.15 bits per heavy atom. The van der Waals surface area contributed by atoms with Crippen LogP contribution in [0, 0.1) is 6.92 Å². The van der Waals surface area contributed by atoms with Gasteiger partial charge in [0.15, 0.2) is 0 Å². The minimum Gasteiger partial charge on any atom is -0.354 e. The van der Waals surface area contributed by atoms with Crippen LogP contribution in [-0.2, 0) is 16.0 Å². The molecule has 0 aromatic heterocycles. The number of benzene rings is 2. The van der Waals surface area contributed by atoms with Crippen molar-refractivity contribution in [2.45, 2.75) is 19.8 Å². The predicted octanol–water partition coefficient (Wildman–Crippen LogP) is 3.09. The normalized spacial score (nSPS) is 13.8. The molecule has 2 aromatic rings. The Bertz CT molecular complexity index is 845. The van der Waals surface area contributed by atoms with Crippen LogP contribution in [-0.4, -0.2) is 29.9 Å². The second-order valence-electron chi connectivity index (χ2n) is 6.51. The van der Waals surface area contributed by atoms with Gasteiger partial charge in [-0.05, 0) is 42.7 Å². The van der Waals surface area contributed by atoms with E-state index in [4.69, 9.17) is 11.6 Å². The van der Waals surface area contributed by atoms with Gasteiger partial charge in [-0.3, -0.25) is 15.0 Å². The number of rotatable bonds is 6. The molecule has 0 spiro atoms. The molecule has 140 valence electrons. The first-order chi connectivity index (χ1) is 13.0. The van der Waals surface area contributed by atoms with E-state index in [9.17, 15) is 9.59 Å². The number of carbonyl (C=O) groups excluding carboxylic acids is 2. The lowest BCUT2D eigenvalue weighted by molar-refractivity contribution is -0.137. The minimum absolute atomic E-state index is 0.0251. The summed E-state index contributed by atoms with van der Waals surface area (Å²) in [7, 11) is 0. The van der Waals surface area contributed by atoms with Crippen LogP contribution in [0.25, 0.3) is 5.70 Å². The topological polar surface area (TPSA) is 61.4 Å². The number of hydrogen-bond donors (Lipinski definition) is 2. The van der Waals surface area contributed by atoms with Gasteiger partial charge in [0.25, 0.3) is 0 Å². The summed E-state index contributed by atoms with van der Waals surface area (Å²) in [5, 5.41) is 4.91. The highest BCUT2D eigenvalue weighted by molar-refractivity contribution is 6.30. The predicted molar refractivity (Wildman–Crippen MR) is 107 cm³/mol. The largest absolute Gasteiger partial charge is 0.354 e. The van der Waals surface area contributed by atoms with Crippen molar-refractivity contribution in [3.05, 3.63) is 76.3 Å². The summed E-state index contributed by atoms with van der Waals surface area (Å²) in [5.74, 6) is -0.325. The maximum absolute atomic E-state index is 12.2. The molecule has 6 heteroatoms. The molecule has 1 aliphatic heterocycles. The summed E-state index contributed by atoms with van der Waals surface area (Å²) < 4.78 is 0. The molecule has 0 saturated carbocycles. The van der Waals surface area contributed by atoms with Gasteiger partial charge in [0.05, 0.1) is 5.70 Å². The van der Waals surface area contributed by atoms with Gasteiger partial charge in [-0.15, -0.1) is 0 Å². The number of nitrogens with one attached hydrogen (secondary N) is 2. The molecule has 2 N–H and O–H groups in total. The zero-order valence-electron chi connectivity index (χ0n) is 15.2. The van der Waals surface area contributed by atoms with E-state index in [1.54, 1.807) is 0 Å². The molecule has 3 rings (SSSR count). The highest BCUT2D eigenvalue weighted by atomic mass is 35.5. The zero-order chi connectivity index (χ0) is 19.2. The number of hydrazine groups is 1. The lowest BCUT2D eigenvalue weighted by atomic mass is 10.1. The third-order valence-corrected chi connectivity index (χ3v) is 4.60. The quantitative estimate of drug-likeness (QED) is 0.805. The molecule has 0 saturated heterocycles. The van der Waals surface area contributed by atoms with Crippen molar-refractivity contribution < 1.29 is 9.59 Å². The van der Waals surface area contributed by atoms with Crippen LogP contribution in [0.4, 0.5) is 0 Å². The van der Waals surface area contributed by atoms with E-state index in [-0.39, 0.29) is 24.8 Å². The van der Waals surface area contributed by atoms with Crippen LogP contribution in [0.3, 0.4) is 0 Å². The Morgan fingerprint density at radius 3 is 2.56 bits per heavy atom. The van der Waals surface area contributed by atoms with Crippen LogP contribution in [0.2, 0.25) is 5.02 Å². The summed E-state index contributed by atoms with van der Waals surface area (Å²) in [4.78, 5) is 24.3. The lowest BCUT2D eigenvalue weighted by Gasteiger charge is -2.28. The van der Waals surface area contributed by atoms with Crippen LogP contribution < -0.4 is 10.7 Å². The minimum atomic E-state index is -0.199. The summed E-state index contributed by atoms with van der Waals surface area (Å²) >= 11 is 5.86. The van der Waals surface area contributed by atoms with E-state index < -0.39 is 0 Å². The number of carbonyl (C=O) groups is 2. The van der Waals surface area contributed by atoms with E-state index in [0.717, 1.165) is 16.8 Å². The van der Waals surface area contributed by atoms with Gasteiger partial charge in [-0.1, -0.05) is 53.6 Å². The first-order valence-corrected chi connectivity index (χ1v) is 9.24. The lowest BCUT2D eigenvalue weighted by Crippen LogP contribution is -2.49. The van der Waals surface area contributed by atoms with Crippen molar-refractivity contribution in [3.63, 3.8) is 0 Å². The fourth-order valence-electron chi connectivity index (χ4n) is 2.79. The Balaban J connectivity index is 1.51. The second-order valence-corrected chi connectivity index (χ2v) is 6.94. The molecule has 1 aliphatic rings. The molecule has 1 heterocycles. The summed E-state index contributed by atoms with van der Waals surface area (Å²) in [5.41, 5.74) is 7.14. The van der Waals surface area contributed by atoms with E-state index in [1.807, 2.05) is 61.5 Å². The highest BCUT2D eigenvalue weighted by Crippen LogP contribution is 2.17. The first kappa shape index (κ1) is 19.0. The fourth-order valence-corrected chi connectivity index (χ4v) is 2.92. The molecule has 2 amide bonds. The summed E-state index contributed by atoms with van der Waals surface area (Å²) in [6.45, 7) is 2.50. The van der Waals surface area contributed by atoms with E-state index in [1.165, 1.54) is 10.6 Å². The molecule has 5 nitrogen and oxygen atoms in total. The SMILES string of the molecule is Cc1ccc(C2=CCC(=O)N(CC(=O)NCCc3ccc(Cl)cc3)N2)cc1. The van der Waals surface area contributed by atoms with Gasteiger partial charge in [0.2, 0.25) is 11.8 Å². The molecular formula is C21H22ClN3O2. The summed E-state index contributed by atoms with van der Waals surface area (Å²) in [6, 6.07) is 15.5. The number of nitrogens with zero attached hydrogens (tertiary/aromatic N) is 1. The number of aryl methyl sites for hydroxylation is 1. The Hall–Kier alpha value is -2.79. The molecule has 0 bridgehead atoms. The van der Waals surface area contributed by atoms with Gasteiger partial charge >= 0.3 is 0 Å². The van der Waals surface area contributed by atoms with Crippen LogP contribution in [0.15, 0.2) is 54.6 Å². The molecule has 0 aliphatic carbocycles. The van der Waals surface area contributed by atoms with E-state index in [2.05, 4.69) is 10.7 Å². The molecule has 27 heavy (non-hydrogen) atoms. The Kier molecular flexibility index (Phi) is 6.14. The van der Waals surface area contributed by atoms with Crippen molar-refractivity contribution in [1.29, 1.82) is 0 Å². The van der Waals surface area contributed by atoms with Crippen molar-refractivity contribution in [1.82, 2.24) is 15.8 Å². The van der Waals surface area contributed by atoms with Gasteiger partial charge in [-0.2, -0.15) is 0 Å². The third-order valence-electron chi connectivity index (χ3n) is 4.35. The molecule has 0 unspecified atom stereocenters. The second kappa shape index (κ2) is 8.73. The van der Waals surface area contributed by atoms with Gasteiger partial charge in [0.1, 0.15) is 6.54 Å². The van der Waals surface area contributed by atoms with E-state index >= 15 is 0 Å². The average Bonchev–Trinajstić information content (AvgIpc) is 2.66. The highest BCUT2D eigenvalue weighted by Gasteiger charge is 2.21. The first-order valence-electron chi connectivity index (χ1n) is 8.86. The molecule has 2 aromatic carbocycles. The number of amides is 2. The van der Waals surface area contributed by atoms with Crippen molar-refractivity contribution in [3.8, 4) is 0 Å². The van der Waals surface area contributed by atoms with Gasteiger partial charge < -0.3 is 5.32 Å². The standard InChI is InChI=1S/C21H22ClN3O2/c1-15-2-6-17(7-3-15)19-10-11-21(27)25(24-19)14-20(26)23-13-12-16-4-8-18(22)9-5-16/h2-10,24H,11-14H2,1H3,(H,23,26). The molecule has 0 radical (unpaired) electrons. The van der Waals surface area contributed by atoms with E-state index in [0.29, 0.717) is 18.0 Å². The molecule has 0 fully saturated rings. The fraction of sp³-hybridized carbons (Fsp3) is 0.238. The third kappa shape index (κ3) is 5.34. The maximum Gasteiger partial charge on any atom is 0.245 e. The number of hydrogen-bond acceptors (Lipinski definition) is 3. The molecule has 0 atom stereocenters. The maximum atomic E-state index is 12.2. The molecular weight excluding hydrogens is 362 g/mol. The Labute approximate surface area is 164 Å². The van der Waals surface area contributed by atoms with Gasteiger partial charge in [-0.25, -0.2) is 5.01 Å². The van der Waals surface area contributed by atoms with Crippen LogP contribution in [0.5, 0.6) is 0 Å².